The van der Waals surface area contributed by atoms with E-state index in [9.17, 15) is 48.6 Å². The van der Waals surface area contributed by atoms with Crippen molar-refractivity contribution in [2.75, 3.05) is 31.1 Å². The number of unbranched alkanes of at least 4 members (excludes halogenated alkanes) is 1. The fourth-order valence-corrected chi connectivity index (χ4v) is 8.52. The van der Waals surface area contributed by atoms with Crippen molar-refractivity contribution in [2.24, 2.45) is 16.5 Å². The summed E-state index contributed by atoms with van der Waals surface area (Å²) in [5.74, 6) is -7.21. The Bertz CT molecular complexity index is 1840. The van der Waals surface area contributed by atoms with Gasteiger partial charge in [0.25, 0.3) is 0 Å². The number of hydrogen-bond donors (Lipinski definition) is 10. The van der Waals surface area contributed by atoms with Gasteiger partial charge in [-0.3, -0.25) is 38.6 Å². The minimum Gasteiger partial charge on any atom is -0.481 e. The molecule has 22 heteroatoms. The normalized spacial score (nSPS) is 23.6. The van der Waals surface area contributed by atoms with Crippen LogP contribution in [-0.4, -0.2) is 135 Å². The molecule has 310 valence electrons. The number of nitrogens with one attached hydrogen (secondary N) is 6. The third kappa shape index (κ3) is 13.6. The Kier molecular flexibility index (Phi) is 16.8. The molecule has 1 unspecified atom stereocenters. The lowest BCUT2D eigenvalue weighted by molar-refractivity contribution is -0.144. The maximum Gasteiger partial charge on any atom is 0.327 e. The van der Waals surface area contributed by atoms with E-state index >= 15 is 0 Å². The zero-order chi connectivity index (χ0) is 41.5. The van der Waals surface area contributed by atoms with Crippen LogP contribution in [0.1, 0.15) is 50.5 Å². The first kappa shape index (κ1) is 44.2. The number of para-hydroxylation sites is 1. The maximum absolute atomic E-state index is 14.3. The highest BCUT2D eigenvalue weighted by atomic mass is 33.1. The molecule has 0 spiro atoms. The fourth-order valence-electron chi connectivity index (χ4n) is 6.37. The van der Waals surface area contributed by atoms with Crippen molar-refractivity contribution < 1.29 is 48.6 Å². The van der Waals surface area contributed by atoms with Gasteiger partial charge in [-0.25, -0.2) is 4.79 Å². The monoisotopic (exact) mass is 832 g/mol. The van der Waals surface area contributed by atoms with Crippen LogP contribution in [0.15, 0.2) is 35.5 Å². The Balaban J connectivity index is 1.61. The first-order valence-electron chi connectivity index (χ1n) is 18.3. The number of aliphatic imine (C=N–C) groups is 1. The molecule has 2 aromatic rings. The molecule has 2 aliphatic heterocycles. The van der Waals surface area contributed by atoms with Crippen LogP contribution in [0, 0.1) is 0 Å². The van der Waals surface area contributed by atoms with E-state index in [1.54, 1.807) is 12.3 Å². The van der Waals surface area contributed by atoms with Crippen molar-refractivity contribution in [1.29, 1.82) is 0 Å². The largest absolute Gasteiger partial charge is 0.481 e. The molecule has 5 atom stereocenters. The van der Waals surface area contributed by atoms with E-state index in [2.05, 4.69) is 36.6 Å². The number of nitrogens with zero attached hydrogens (tertiary/aromatic N) is 2. The van der Waals surface area contributed by atoms with Gasteiger partial charge in [-0.2, -0.15) is 0 Å². The molecule has 20 nitrogen and oxygen atoms in total. The standard InChI is InChI=1S/C35H48N10O10S2/c36-35(37)38-11-4-3-8-22-30(50)40-17-28(47)42-23(15-29(48)49)31(51)43-24(14-19-16-39-21-7-2-1-6-20(19)21)33(53)45-12-5-9-26(45)32(52)44-25(34(54)55)18-57-56-13-10-27(46)41-22/h1-2,6-7,16,22-26,39H,3-5,8-15,17-18H2,(H,40,50)(H,41,46)(H,42,47)(H,43,51)(H,44,52)(H,48,49)(H,54,55)(H4,36,37,38)/t22-,23+,24?,25+,26-/m0/s1. The molecule has 1 aromatic carbocycles. The number of guanidine groups is 1. The quantitative estimate of drug-likeness (QED) is 0.0567. The molecule has 0 saturated carbocycles. The number of carboxylic acids is 2. The average Bonchev–Trinajstić information content (AvgIpc) is 3.82. The molecule has 2 saturated heterocycles. The maximum atomic E-state index is 14.3. The molecule has 0 aliphatic carbocycles. The molecule has 2 fully saturated rings. The Labute approximate surface area is 335 Å². The second kappa shape index (κ2) is 21.7. The number of carboxylic acid groups (broad SMARTS) is 2. The molecule has 12 N–H and O–H groups in total. The van der Waals surface area contributed by atoms with Gasteiger partial charge in [-0.15, -0.1) is 0 Å². The number of benzene rings is 1. The van der Waals surface area contributed by atoms with E-state index in [0.29, 0.717) is 24.8 Å². The molecule has 3 heterocycles. The van der Waals surface area contributed by atoms with Crippen LogP contribution >= 0.6 is 21.6 Å². The van der Waals surface area contributed by atoms with Gasteiger partial charge >= 0.3 is 11.9 Å². The van der Waals surface area contributed by atoms with Gasteiger partial charge in [0.05, 0.1) is 13.0 Å². The number of carbonyl (C=O) groups is 8. The number of aliphatic carboxylic acids is 2. The number of rotatable bonds is 10. The van der Waals surface area contributed by atoms with Crippen molar-refractivity contribution in [3.8, 4) is 0 Å². The lowest BCUT2D eigenvalue weighted by atomic mass is 10.0. The van der Waals surface area contributed by atoms with Gasteiger partial charge in [0.2, 0.25) is 35.4 Å². The average molecular weight is 833 g/mol. The molecule has 1 aromatic heterocycles. The number of aromatic amines is 1. The summed E-state index contributed by atoms with van der Waals surface area (Å²) < 4.78 is 0. The number of amides is 6. The summed E-state index contributed by atoms with van der Waals surface area (Å²) in [4.78, 5) is 113. The lowest BCUT2D eigenvalue weighted by Gasteiger charge is -2.30. The summed E-state index contributed by atoms with van der Waals surface area (Å²) in [5, 5.41) is 32.8. The SMILES string of the molecule is NC(N)=NCCCC[C@@H]1NC(=O)CCSSC[C@H](C(=O)O)NC(=O)[C@@H]2CCCN2C(=O)C(Cc2c[nH]c3ccccc23)NC(=O)[C@@H](CC(=O)O)NC(=O)CNC1=O. The molecule has 6 amide bonds. The Morgan fingerprint density at radius 3 is 2.37 bits per heavy atom. The smallest absolute Gasteiger partial charge is 0.327 e. The van der Waals surface area contributed by atoms with Gasteiger partial charge in [-0.05, 0) is 43.7 Å². The first-order valence-corrected chi connectivity index (χ1v) is 20.8. The minimum absolute atomic E-state index is 0.0507. The second-order valence-corrected chi connectivity index (χ2v) is 16.1. The second-order valence-electron chi connectivity index (χ2n) is 13.4. The van der Waals surface area contributed by atoms with Crippen LogP contribution in [0.3, 0.4) is 0 Å². The summed E-state index contributed by atoms with van der Waals surface area (Å²) in [6, 6.07) is 0.699. The van der Waals surface area contributed by atoms with Crippen LogP contribution in [0.25, 0.3) is 10.9 Å². The third-order valence-electron chi connectivity index (χ3n) is 9.20. The van der Waals surface area contributed by atoms with Gasteiger partial charge in [0, 0.05) is 54.5 Å². The summed E-state index contributed by atoms with van der Waals surface area (Å²) in [6.07, 6.45) is 2.29. The van der Waals surface area contributed by atoms with Crippen LogP contribution in [0.2, 0.25) is 0 Å². The number of fused-ring (bicyclic) bond motifs is 2. The van der Waals surface area contributed by atoms with Crippen LogP contribution in [0.5, 0.6) is 0 Å². The lowest BCUT2D eigenvalue weighted by Crippen LogP contribution is -2.59. The topological polar surface area (TPSA) is 321 Å². The van der Waals surface area contributed by atoms with E-state index < -0.39 is 90.6 Å². The summed E-state index contributed by atoms with van der Waals surface area (Å²) in [6.45, 7) is -0.283. The minimum atomic E-state index is -1.69. The first-order chi connectivity index (χ1) is 27.2. The van der Waals surface area contributed by atoms with Crippen LogP contribution in [-0.2, 0) is 44.8 Å². The van der Waals surface area contributed by atoms with E-state index in [1.807, 2.05) is 18.2 Å². The number of carbonyl (C=O) groups excluding carboxylic acids is 6. The van der Waals surface area contributed by atoms with Gasteiger partial charge < -0.3 is 58.1 Å². The molecular weight excluding hydrogens is 785 g/mol. The Morgan fingerprint density at radius 1 is 0.877 bits per heavy atom. The van der Waals surface area contributed by atoms with E-state index in [4.69, 9.17) is 11.5 Å². The number of hydrogen-bond acceptors (Lipinski definition) is 11. The van der Waals surface area contributed by atoms with Gasteiger partial charge in [0.1, 0.15) is 30.2 Å². The molecule has 0 bridgehead atoms. The Hall–Kier alpha value is -5.51. The third-order valence-corrected chi connectivity index (χ3v) is 11.6. The fraction of sp³-hybridized carbons (Fsp3) is 0.514. The van der Waals surface area contributed by atoms with E-state index in [0.717, 1.165) is 21.7 Å². The van der Waals surface area contributed by atoms with Crippen LogP contribution < -0.4 is 38.1 Å². The zero-order valence-electron chi connectivity index (χ0n) is 31.0. The molecule has 4 rings (SSSR count). The van der Waals surface area contributed by atoms with Crippen molar-refractivity contribution in [1.82, 2.24) is 36.5 Å². The summed E-state index contributed by atoms with van der Waals surface area (Å²) in [5.41, 5.74) is 12.1. The highest BCUT2D eigenvalue weighted by Crippen LogP contribution is 2.25. The van der Waals surface area contributed by atoms with E-state index in [-0.39, 0.29) is 56.2 Å². The van der Waals surface area contributed by atoms with Gasteiger partial charge in [-0.1, -0.05) is 39.8 Å². The van der Waals surface area contributed by atoms with Crippen molar-refractivity contribution >= 4 is 85.8 Å². The number of H-pyrrole nitrogens is 1. The van der Waals surface area contributed by atoms with Crippen molar-refractivity contribution in [3.63, 3.8) is 0 Å². The zero-order valence-corrected chi connectivity index (χ0v) is 32.6. The predicted octanol–water partition coefficient (Wildman–Crippen LogP) is -1.46. The number of nitrogens with two attached hydrogens (primary N) is 2. The molecule has 2 aliphatic rings. The number of aromatic nitrogens is 1. The highest BCUT2D eigenvalue weighted by molar-refractivity contribution is 8.76. The Morgan fingerprint density at radius 2 is 1.63 bits per heavy atom. The molecular formula is C35H48N10O10S2. The van der Waals surface area contributed by atoms with Crippen molar-refractivity contribution in [3.05, 3.63) is 36.0 Å². The summed E-state index contributed by atoms with van der Waals surface area (Å²) >= 11 is 0. The van der Waals surface area contributed by atoms with E-state index in [1.165, 1.54) is 15.7 Å². The van der Waals surface area contributed by atoms with Crippen LogP contribution in [0.4, 0.5) is 0 Å². The highest BCUT2D eigenvalue weighted by Gasteiger charge is 2.40. The van der Waals surface area contributed by atoms with Crippen molar-refractivity contribution in [2.45, 2.75) is 81.6 Å². The predicted molar refractivity (Wildman–Crippen MR) is 211 cm³/mol. The molecule has 57 heavy (non-hydrogen) atoms. The molecule has 0 radical (unpaired) electrons. The van der Waals surface area contributed by atoms with Gasteiger partial charge in [0.15, 0.2) is 5.96 Å². The summed E-state index contributed by atoms with van der Waals surface area (Å²) in [7, 11) is 2.31.